The standard InChI is InChI=1S/C20H20ClFN6O2/c21-15-12-14(4-5-16(15)22)24-20(30)23-7-10-28-18-6-3-13(11-17(18)25-26-28)19(29)27-8-1-2-9-27/h3-6,11-12H,1-2,7-10H2,(H2,23,24,30). The Morgan fingerprint density at radius 3 is 2.70 bits per heavy atom. The van der Waals surface area contributed by atoms with Crippen LogP contribution in [0.4, 0.5) is 14.9 Å². The van der Waals surface area contributed by atoms with Gasteiger partial charge in [-0.1, -0.05) is 16.8 Å². The fourth-order valence-electron chi connectivity index (χ4n) is 3.40. The molecule has 4 rings (SSSR count). The molecule has 2 N–H and O–H groups in total. The molecule has 0 radical (unpaired) electrons. The minimum Gasteiger partial charge on any atom is -0.339 e. The van der Waals surface area contributed by atoms with Crippen molar-refractivity contribution >= 4 is 40.3 Å². The molecule has 2 heterocycles. The second-order valence-electron chi connectivity index (χ2n) is 7.03. The van der Waals surface area contributed by atoms with Gasteiger partial charge in [0.1, 0.15) is 11.3 Å². The van der Waals surface area contributed by atoms with E-state index in [1.165, 1.54) is 18.2 Å². The van der Waals surface area contributed by atoms with E-state index in [0.29, 0.717) is 29.9 Å². The number of carbonyl (C=O) groups is 2. The molecule has 3 amide bonds. The molecule has 8 nitrogen and oxygen atoms in total. The van der Waals surface area contributed by atoms with Crippen LogP contribution in [0.3, 0.4) is 0 Å². The number of amides is 3. The van der Waals surface area contributed by atoms with Crippen LogP contribution in [0, 0.1) is 5.82 Å². The summed E-state index contributed by atoms with van der Waals surface area (Å²) >= 11 is 5.70. The molecule has 10 heteroatoms. The van der Waals surface area contributed by atoms with E-state index in [0.717, 1.165) is 31.4 Å². The number of halogens is 2. The highest BCUT2D eigenvalue weighted by molar-refractivity contribution is 6.31. The molecule has 30 heavy (non-hydrogen) atoms. The summed E-state index contributed by atoms with van der Waals surface area (Å²) in [6.07, 6.45) is 2.08. The van der Waals surface area contributed by atoms with Crippen LogP contribution in [0.15, 0.2) is 36.4 Å². The summed E-state index contributed by atoms with van der Waals surface area (Å²) in [5.74, 6) is -0.533. The number of nitrogens with zero attached hydrogens (tertiary/aromatic N) is 4. The average molecular weight is 431 g/mol. The van der Waals surface area contributed by atoms with Gasteiger partial charge in [0.05, 0.1) is 17.1 Å². The fraction of sp³-hybridized carbons (Fsp3) is 0.300. The van der Waals surface area contributed by atoms with Crippen molar-refractivity contribution in [2.24, 2.45) is 0 Å². The molecule has 0 atom stereocenters. The highest BCUT2D eigenvalue weighted by Crippen LogP contribution is 2.19. The number of likely N-dealkylation sites (tertiary alicyclic amines) is 1. The number of carbonyl (C=O) groups excluding carboxylic acids is 2. The Balaban J connectivity index is 1.34. The highest BCUT2D eigenvalue weighted by atomic mass is 35.5. The normalized spacial score (nSPS) is 13.6. The molecule has 0 aliphatic carbocycles. The third kappa shape index (κ3) is 4.35. The largest absolute Gasteiger partial charge is 0.339 e. The SMILES string of the molecule is O=C(NCCn1nnc2cc(C(=O)N3CCCC3)ccc21)Nc1ccc(F)c(Cl)c1. The molecule has 1 fully saturated rings. The van der Waals surface area contributed by atoms with Crippen molar-refractivity contribution in [1.82, 2.24) is 25.2 Å². The lowest BCUT2D eigenvalue weighted by molar-refractivity contribution is 0.0793. The zero-order valence-corrected chi connectivity index (χ0v) is 16.8. The molecule has 1 saturated heterocycles. The molecule has 1 aromatic heterocycles. The number of benzene rings is 2. The van der Waals surface area contributed by atoms with Crippen LogP contribution >= 0.6 is 11.6 Å². The molecular formula is C20H20ClFN6O2. The third-order valence-corrected chi connectivity index (χ3v) is 5.23. The second-order valence-corrected chi connectivity index (χ2v) is 7.43. The molecular weight excluding hydrogens is 411 g/mol. The predicted molar refractivity (Wildman–Crippen MR) is 111 cm³/mol. The number of hydrogen-bond acceptors (Lipinski definition) is 4. The van der Waals surface area contributed by atoms with Gasteiger partial charge in [0, 0.05) is 30.9 Å². The maximum Gasteiger partial charge on any atom is 0.319 e. The van der Waals surface area contributed by atoms with E-state index in [1.807, 2.05) is 11.0 Å². The van der Waals surface area contributed by atoms with Gasteiger partial charge in [-0.15, -0.1) is 5.10 Å². The molecule has 2 aromatic carbocycles. The van der Waals surface area contributed by atoms with E-state index >= 15 is 0 Å². The smallest absolute Gasteiger partial charge is 0.319 e. The van der Waals surface area contributed by atoms with Gasteiger partial charge in [-0.25, -0.2) is 13.9 Å². The second kappa shape index (κ2) is 8.66. The first-order chi connectivity index (χ1) is 14.5. The number of fused-ring (bicyclic) bond motifs is 1. The van der Waals surface area contributed by atoms with Crippen LogP contribution in [0.25, 0.3) is 11.0 Å². The third-order valence-electron chi connectivity index (χ3n) is 4.94. The number of rotatable bonds is 5. The lowest BCUT2D eigenvalue weighted by Crippen LogP contribution is -2.31. The molecule has 3 aromatic rings. The zero-order valence-electron chi connectivity index (χ0n) is 16.1. The predicted octanol–water partition coefficient (Wildman–Crippen LogP) is 3.28. The summed E-state index contributed by atoms with van der Waals surface area (Å²) in [4.78, 5) is 26.4. The summed E-state index contributed by atoms with van der Waals surface area (Å²) in [6.45, 7) is 2.28. The Kier molecular flexibility index (Phi) is 5.80. The van der Waals surface area contributed by atoms with Crippen molar-refractivity contribution in [3.63, 3.8) is 0 Å². The quantitative estimate of drug-likeness (QED) is 0.649. The summed E-state index contributed by atoms with van der Waals surface area (Å²) in [5.41, 5.74) is 2.40. The minimum atomic E-state index is -0.550. The molecule has 0 saturated carbocycles. The van der Waals surface area contributed by atoms with Crippen molar-refractivity contribution in [2.45, 2.75) is 19.4 Å². The van der Waals surface area contributed by atoms with Gasteiger partial charge in [-0.3, -0.25) is 4.79 Å². The Hall–Kier alpha value is -3.20. The summed E-state index contributed by atoms with van der Waals surface area (Å²) in [6, 6.07) is 8.84. The van der Waals surface area contributed by atoms with Gasteiger partial charge >= 0.3 is 6.03 Å². The van der Waals surface area contributed by atoms with Crippen LogP contribution in [0.1, 0.15) is 23.2 Å². The Morgan fingerprint density at radius 1 is 1.13 bits per heavy atom. The molecule has 1 aliphatic rings. The van der Waals surface area contributed by atoms with Gasteiger partial charge in [-0.05, 0) is 49.2 Å². The van der Waals surface area contributed by atoms with Crippen molar-refractivity contribution in [1.29, 1.82) is 0 Å². The van der Waals surface area contributed by atoms with E-state index in [4.69, 9.17) is 11.6 Å². The maximum atomic E-state index is 13.2. The van der Waals surface area contributed by atoms with Crippen molar-refractivity contribution in [3.8, 4) is 0 Å². The minimum absolute atomic E-state index is 0.0168. The molecule has 0 bridgehead atoms. The van der Waals surface area contributed by atoms with E-state index in [1.54, 1.807) is 16.8 Å². The first-order valence-corrected chi connectivity index (χ1v) is 10.0. The molecule has 1 aliphatic heterocycles. The number of anilines is 1. The summed E-state index contributed by atoms with van der Waals surface area (Å²) in [7, 11) is 0. The van der Waals surface area contributed by atoms with E-state index in [2.05, 4.69) is 20.9 Å². The van der Waals surface area contributed by atoms with Crippen LogP contribution in [-0.4, -0.2) is 51.5 Å². The first-order valence-electron chi connectivity index (χ1n) is 9.64. The van der Waals surface area contributed by atoms with Crippen molar-refractivity contribution < 1.29 is 14.0 Å². The number of hydrogen-bond donors (Lipinski definition) is 2. The van der Waals surface area contributed by atoms with Gasteiger partial charge in [-0.2, -0.15) is 0 Å². The van der Waals surface area contributed by atoms with E-state index in [-0.39, 0.29) is 10.9 Å². The first kappa shape index (κ1) is 20.1. The fourth-order valence-corrected chi connectivity index (χ4v) is 3.58. The summed E-state index contributed by atoms with van der Waals surface area (Å²) in [5, 5.41) is 13.5. The van der Waals surface area contributed by atoms with Crippen molar-refractivity contribution in [3.05, 3.63) is 52.8 Å². The Morgan fingerprint density at radius 2 is 1.93 bits per heavy atom. The van der Waals surface area contributed by atoms with Crippen LogP contribution < -0.4 is 10.6 Å². The molecule has 156 valence electrons. The highest BCUT2D eigenvalue weighted by Gasteiger charge is 2.20. The lowest BCUT2D eigenvalue weighted by atomic mass is 10.1. The van der Waals surface area contributed by atoms with Crippen LogP contribution in [0.2, 0.25) is 5.02 Å². The van der Waals surface area contributed by atoms with Gasteiger partial charge < -0.3 is 15.5 Å². The van der Waals surface area contributed by atoms with Gasteiger partial charge in [0.2, 0.25) is 0 Å². The van der Waals surface area contributed by atoms with Crippen molar-refractivity contribution in [2.75, 3.05) is 25.0 Å². The number of urea groups is 1. The Labute approximate surface area is 177 Å². The van der Waals surface area contributed by atoms with Gasteiger partial charge in [0.25, 0.3) is 5.91 Å². The Bertz CT molecular complexity index is 1100. The van der Waals surface area contributed by atoms with Gasteiger partial charge in [0.15, 0.2) is 0 Å². The van der Waals surface area contributed by atoms with E-state index in [9.17, 15) is 14.0 Å². The molecule has 0 unspecified atom stereocenters. The van der Waals surface area contributed by atoms with Crippen LogP contribution in [-0.2, 0) is 6.54 Å². The maximum absolute atomic E-state index is 13.2. The number of nitrogens with one attached hydrogen (secondary N) is 2. The van der Waals surface area contributed by atoms with E-state index < -0.39 is 11.8 Å². The lowest BCUT2D eigenvalue weighted by Gasteiger charge is -2.14. The average Bonchev–Trinajstić information content (AvgIpc) is 3.40. The monoisotopic (exact) mass is 430 g/mol. The zero-order chi connectivity index (χ0) is 21.1. The number of aromatic nitrogens is 3. The topological polar surface area (TPSA) is 92.1 Å². The van der Waals surface area contributed by atoms with Crippen LogP contribution in [0.5, 0.6) is 0 Å². The molecule has 0 spiro atoms. The summed E-state index contributed by atoms with van der Waals surface area (Å²) < 4.78 is 14.8.